The standard InChI is InChI=1S/2C24H24N2O2/c2*1-2-16-5-3-4-6-20(16)17-7-9-21-19(13-17)15-26-23(21)10-8-18-14-25-12-11-22(18)24(27)28/h2*3-7,9,11-14,23,26H,2,8,10,15H2,1H3,(H,27,28)/t2*23-/m10/s1. The molecule has 0 spiro atoms. The quantitative estimate of drug-likeness (QED) is 0.0977. The van der Waals surface area contributed by atoms with Crippen molar-refractivity contribution in [3.05, 3.63) is 177 Å². The topological polar surface area (TPSA) is 124 Å². The Morgan fingerprint density at radius 1 is 0.589 bits per heavy atom. The molecule has 0 aliphatic carbocycles. The van der Waals surface area contributed by atoms with Gasteiger partial charge in [-0.25, -0.2) is 9.59 Å². The summed E-state index contributed by atoms with van der Waals surface area (Å²) in [5, 5.41) is 25.9. The first-order valence-electron chi connectivity index (χ1n) is 19.6. The van der Waals surface area contributed by atoms with Crippen LogP contribution in [0.3, 0.4) is 0 Å². The van der Waals surface area contributed by atoms with Crippen LogP contribution in [0.1, 0.15) is 104 Å². The number of nitrogens with one attached hydrogen (secondary N) is 2. The fourth-order valence-electron chi connectivity index (χ4n) is 8.22. The van der Waals surface area contributed by atoms with Crippen LogP contribution in [0.4, 0.5) is 0 Å². The van der Waals surface area contributed by atoms with Gasteiger partial charge in [0.05, 0.1) is 11.1 Å². The number of carboxylic acid groups (broad SMARTS) is 2. The number of hydrogen-bond donors (Lipinski definition) is 4. The van der Waals surface area contributed by atoms with Crippen LogP contribution < -0.4 is 10.6 Å². The first-order chi connectivity index (χ1) is 27.3. The summed E-state index contributed by atoms with van der Waals surface area (Å²) in [6, 6.07) is 34.2. The van der Waals surface area contributed by atoms with E-state index in [2.05, 4.69) is 119 Å². The highest BCUT2D eigenvalue weighted by Gasteiger charge is 2.25. The highest BCUT2D eigenvalue weighted by Crippen LogP contribution is 2.35. The number of fused-ring (bicyclic) bond motifs is 2. The SMILES string of the molecule is CCc1ccccc1-c1ccc2c(c1)CN[C@@H]2CCc1cnccc1C(=O)O.CCc1ccccc1-c1ccc2c(c1)CN[C@H]2CCc1cnccc1C(=O)O. The second-order valence-electron chi connectivity index (χ2n) is 14.5. The summed E-state index contributed by atoms with van der Waals surface area (Å²) in [6.07, 6.45) is 11.5. The molecule has 8 nitrogen and oxygen atoms in total. The normalized spacial score (nSPS) is 15.4. The van der Waals surface area contributed by atoms with Crippen molar-refractivity contribution in [1.82, 2.24) is 20.6 Å². The Labute approximate surface area is 328 Å². The Morgan fingerprint density at radius 2 is 1.02 bits per heavy atom. The van der Waals surface area contributed by atoms with E-state index in [-0.39, 0.29) is 12.1 Å². The number of aromatic carboxylic acids is 2. The van der Waals surface area contributed by atoms with E-state index in [9.17, 15) is 19.8 Å². The van der Waals surface area contributed by atoms with Gasteiger partial charge in [-0.15, -0.1) is 0 Å². The summed E-state index contributed by atoms with van der Waals surface area (Å²) in [7, 11) is 0. The molecular formula is C48H48N4O4. The maximum absolute atomic E-state index is 11.4. The molecule has 2 aromatic heterocycles. The summed E-state index contributed by atoms with van der Waals surface area (Å²) >= 11 is 0. The van der Waals surface area contributed by atoms with E-state index in [0.717, 1.165) is 49.9 Å². The van der Waals surface area contributed by atoms with Crippen LogP contribution in [0.15, 0.2) is 122 Å². The number of pyridine rings is 2. The lowest BCUT2D eigenvalue weighted by atomic mass is 9.93. The van der Waals surface area contributed by atoms with Gasteiger partial charge in [-0.05, 0) is 130 Å². The monoisotopic (exact) mass is 744 g/mol. The fraction of sp³-hybridized carbons (Fsp3) is 0.250. The molecule has 0 saturated heterocycles. The number of rotatable bonds is 12. The van der Waals surface area contributed by atoms with Crippen molar-refractivity contribution in [3.63, 3.8) is 0 Å². The van der Waals surface area contributed by atoms with E-state index in [1.165, 1.54) is 68.0 Å². The largest absolute Gasteiger partial charge is 0.478 e. The van der Waals surface area contributed by atoms with Crippen LogP contribution in [0.5, 0.6) is 0 Å². The Kier molecular flexibility index (Phi) is 12.1. The average Bonchev–Trinajstić information content (AvgIpc) is 3.85. The van der Waals surface area contributed by atoms with Crippen molar-refractivity contribution in [1.29, 1.82) is 0 Å². The molecule has 0 fully saturated rings. The number of hydrogen-bond acceptors (Lipinski definition) is 6. The third kappa shape index (κ3) is 8.47. The number of carbonyl (C=O) groups is 2. The van der Waals surface area contributed by atoms with Crippen LogP contribution >= 0.6 is 0 Å². The van der Waals surface area contributed by atoms with Gasteiger partial charge < -0.3 is 20.8 Å². The molecule has 2 aliphatic heterocycles. The number of aryl methyl sites for hydroxylation is 4. The van der Waals surface area contributed by atoms with Gasteiger partial charge in [0.25, 0.3) is 0 Å². The Morgan fingerprint density at radius 3 is 1.43 bits per heavy atom. The van der Waals surface area contributed by atoms with Crippen molar-refractivity contribution in [2.45, 2.75) is 77.5 Å². The summed E-state index contributed by atoms with van der Waals surface area (Å²) < 4.78 is 0. The van der Waals surface area contributed by atoms with Crippen molar-refractivity contribution in [2.75, 3.05) is 0 Å². The molecule has 0 unspecified atom stereocenters. The lowest BCUT2D eigenvalue weighted by Gasteiger charge is -2.14. The molecule has 2 aliphatic rings. The minimum absolute atomic E-state index is 0.243. The van der Waals surface area contributed by atoms with Gasteiger partial charge in [0.2, 0.25) is 0 Å². The van der Waals surface area contributed by atoms with E-state index < -0.39 is 11.9 Å². The lowest BCUT2D eigenvalue weighted by molar-refractivity contribution is 0.0684. The van der Waals surface area contributed by atoms with Crippen LogP contribution in [-0.4, -0.2) is 32.1 Å². The van der Waals surface area contributed by atoms with Gasteiger partial charge in [0, 0.05) is 50.0 Å². The Balaban J connectivity index is 0.000000172. The van der Waals surface area contributed by atoms with Crippen molar-refractivity contribution in [2.24, 2.45) is 0 Å². The zero-order valence-corrected chi connectivity index (χ0v) is 32.0. The highest BCUT2D eigenvalue weighted by molar-refractivity contribution is 5.89. The van der Waals surface area contributed by atoms with Crippen molar-refractivity contribution < 1.29 is 19.8 Å². The summed E-state index contributed by atoms with van der Waals surface area (Å²) in [5.41, 5.74) is 15.4. The zero-order chi connectivity index (χ0) is 39.0. The highest BCUT2D eigenvalue weighted by atomic mass is 16.4. The van der Waals surface area contributed by atoms with E-state index >= 15 is 0 Å². The Bertz CT molecular complexity index is 2190. The van der Waals surface area contributed by atoms with E-state index in [1.54, 1.807) is 24.5 Å². The number of benzene rings is 4. The van der Waals surface area contributed by atoms with Crippen molar-refractivity contribution in [3.8, 4) is 22.3 Å². The summed E-state index contributed by atoms with van der Waals surface area (Å²) in [5.74, 6) is -1.78. The number of carboxylic acids is 2. The minimum atomic E-state index is -0.892. The van der Waals surface area contributed by atoms with Crippen LogP contribution in [0.2, 0.25) is 0 Å². The van der Waals surface area contributed by atoms with E-state index in [1.807, 2.05) is 0 Å². The molecule has 6 aromatic rings. The van der Waals surface area contributed by atoms with Gasteiger partial charge in [-0.1, -0.05) is 86.6 Å². The molecule has 8 rings (SSSR count). The molecule has 56 heavy (non-hydrogen) atoms. The molecule has 0 radical (unpaired) electrons. The van der Waals surface area contributed by atoms with Crippen LogP contribution in [0.25, 0.3) is 22.3 Å². The average molecular weight is 745 g/mol. The smallest absolute Gasteiger partial charge is 0.336 e. The minimum Gasteiger partial charge on any atom is -0.478 e. The predicted molar refractivity (Wildman–Crippen MR) is 221 cm³/mol. The molecule has 4 aromatic carbocycles. The second-order valence-corrected chi connectivity index (χ2v) is 14.5. The molecule has 284 valence electrons. The van der Waals surface area contributed by atoms with Gasteiger partial charge in [-0.3, -0.25) is 9.97 Å². The number of aromatic nitrogens is 2. The molecule has 4 heterocycles. The summed E-state index contributed by atoms with van der Waals surface area (Å²) in [6.45, 7) is 6.07. The fourth-order valence-corrected chi connectivity index (χ4v) is 8.22. The van der Waals surface area contributed by atoms with E-state index in [4.69, 9.17) is 0 Å². The lowest BCUT2D eigenvalue weighted by Crippen LogP contribution is -2.13. The Hall–Kier alpha value is -5.96. The number of nitrogens with zero attached hydrogens (tertiary/aromatic N) is 2. The molecule has 0 amide bonds. The molecule has 0 saturated carbocycles. The second kappa shape index (κ2) is 17.7. The molecule has 2 atom stereocenters. The first kappa shape index (κ1) is 38.3. The van der Waals surface area contributed by atoms with Gasteiger partial charge >= 0.3 is 11.9 Å². The van der Waals surface area contributed by atoms with Crippen molar-refractivity contribution >= 4 is 11.9 Å². The maximum Gasteiger partial charge on any atom is 0.336 e. The molecular weight excluding hydrogens is 697 g/mol. The zero-order valence-electron chi connectivity index (χ0n) is 32.0. The van der Waals surface area contributed by atoms with Gasteiger partial charge in [-0.2, -0.15) is 0 Å². The maximum atomic E-state index is 11.4. The molecule has 0 bridgehead atoms. The van der Waals surface area contributed by atoms with Crippen LogP contribution in [0, 0.1) is 0 Å². The van der Waals surface area contributed by atoms with Crippen LogP contribution in [-0.2, 0) is 38.8 Å². The van der Waals surface area contributed by atoms with E-state index in [0.29, 0.717) is 24.0 Å². The third-order valence-electron chi connectivity index (χ3n) is 11.2. The first-order valence-corrected chi connectivity index (χ1v) is 19.6. The van der Waals surface area contributed by atoms with Gasteiger partial charge in [0.1, 0.15) is 0 Å². The molecule has 8 heteroatoms. The molecule has 4 N–H and O–H groups in total. The summed E-state index contributed by atoms with van der Waals surface area (Å²) in [4.78, 5) is 31.0. The van der Waals surface area contributed by atoms with Gasteiger partial charge in [0.15, 0.2) is 0 Å². The third-order valence-corrected chi connectivity index (χ3v) is 11.2. The predicted octanol–water partition coefficient (Wildman–Crippen LogP) is 9.57.